The molecule has 0 aliphatic carbocycles. The molecule has 3 aromatic rings. The number of urea groups is 1. The summed E-state index contributed by atoms with van der Waals surface area (Å²) in [6, 6.07) is 16.9. The molecule has 2 N–H and O–H groups in total. The van der Waals surface area contributed by atoms with Crippen LogP contribution in [0.15, 0.2) is 60.8 Å². The fourth-order valence-electron chi connectivity index (χ4n) is 2.74. The lowest BCUT2D eigenvalue weighted by Crippen LogP contribution is -2.35. The van der Waals surface area contributed by atoms with Gasteiger partial charge < -0.3 is 5.32 Å². The van der Waals surface area contributed by atoms with E-state index in [1.54, 1.807) is 12.5 Å². The molecule has 5 nitrogen and oxygen atoms in total. The minimum absolute atomic E-state index is 0.326. The number of amides is 2. The van der Waals surface area contributed by atoms with Crippen molar-refractivity contribution in [2.24, 2.45) is 0 Å². The number of carbonyl (C=O) groups is 1. The molecular weight excluding hydrogens is 378 g/mol. The van der Waals surface area contributed by atoms with Crippen molar-refractivity contribution in [3.05, 3.63) is 71.9 Å². The Balaban J connectivity index is 1.69. The van der Waals surface area contributed by atoms with Gasteiger partial charge in [0.15, 0.2) is 5.13 Å². The third-order valence-electron chi connectivity index (χ3n) is 4.05. The molecule has 2 amide bonds. The third kappa shape index (κ3) is 5.24. The zero-order valence-corrected chi connectivity index (χ0v) is 16.8. The standard InChI is InChI=1S/C20H21N3O2S2/c1-14-8-6-7-11-16(14)18-12-21-20(26-18)23-19(24)22-17(13-27(2)25)15-9-4-3-5-10-15/h3-12,17H,13H2,1-2H3,(H2,21,22,23,24)/t17-,27+/m0/s1. The summed E-state index contributed by atoms with van der Waals surface area (Å²) in [5.74, 6) is 0.351. The van der Waals surface area contributed by atoms with Gasteiger partial charge in [-0.15, -0.1) is 0 Å². The van der Waals surface area contributed by atoms with Crippen molar-refractivity contribution in [1.29, 1.82) is 0 Å². The van der Waals surface area contributed by atoms with Crippen molar-refractivity contribution < 1.29 is 9.00 Å². The Bertz CT molecular complexity index is 941. The molecular formula is C20H21N3O2S2. The van der Waals surface area contributed by atoms with Gasteiger partial charge in [0.25, 0.3) is 0 Å². The minimum Gasteiger partial charge on any atom is -0.330 e. The number of aromatic nitrogens is 1. The van der Waals surface area contributed by atoms with E-state index in [0.717, 1.165) is 21.6 Å². The summed E-state index contributed by atoms with van der Waals surface area (Å²) in [5, 5.41) is 6.20. The molecule has 0 aliphatic heterocycles. The molecule has 140 valence electrons. The van der Waals surface area contributed by atoms with Gasteiger partial charge >= 0.3 is 6.03 Å². The van der Waals surface area contributed by atoms with E-state index in [1.807, 2.05) is 61.5 Å². The van der Waals surface area contributed by atoms with E-state index in [2.05, 4.69) is 15.6 Å². The third-order valence-corrected chi connectivity index (χ3v) is 5.79. The molecule has 0 bridgehead atoms. The first-order valence-corrected chi connectivity index (χ1v) is 11.0. The number of hydrogen-bond donors (Lipinski definition) is 2. The van der Waals surface area contributed by atoms with Crippen molar-refractivity contribution in [2.75, 3.05) is 17.3 Å². The van der Waals surface area contributed by atoms with Crippen LogP contribution in [0.5, 0.6) is 0 Å². The van der Waals surface area contributed by atoms with Gasteiger partial charge in [-0.1, -0.05) is 65.9 Å². The highest BCUT2D eigenvalue weighted by atomic mass is 32.2. The number of rotatable bonds is 6. The van der Waals surface area contributed by atoms with E-state index in [-0.39, 0.29) is 12.1 Å². The molecule has 2 atom stereocenters. The van der Waals surface area contributed by atoms with Gasteiger partial charge in [-0.2, -0.15) is 0 Å². The summed E-state index contributed by atoms with van der Waals surface area (Å²) in [5.41, 5.74) is 3.18. The molecule has 0 saturated carbocycles. The predicted molar refractivity (Wildman–Crippen MR) is 113 cm³/mol. The first-order chi connectivity index (χ1) is 13.0. The number of benzene rings is 2. The van der Waals surface area contributed by atoms with Gasteiger partial charge in [0, 0.05) is 29.0 Å². The quantitative estimate of drug-likeness (QED) is 0.647. The van der Waals surface area contributed by atoms with Gasteiger partial charge in [-0.3, -0.25) is 9.53 Å². The lowest BCUT2D eigenvalue weighted by atomic mass is 10.1. The van der Waals surface area contributed by atoms with Crippen LogP contribution in [0.4, 0.5) is 9.93 Å². The molecule has 7 heteroatoms. The second-order valence-electron chi connectivity index (χ2n) is 6.15. The number of thiazole rings is 1. The van der Waals surface area contributed by atoms with E-state index in [9.17, 15) is 9.00 Å². The van der Waals surface area contributed by atoms with E-state index < -0.39 is 10.8 Å². The average molecular weight is 400 g/mol. The maximum Gasteiger partial charge on any atom is 0.321 e. The Morgan fingerprint density at radius 2 is 1.85 bits per heavy atom. The number of aryl methyl sites for hydroxylation is 1. The maximum absolute atomic E-state index is 12.4. The molecule has 2 aromatic carbocycles. The molecule has 0 fully saturated rings. The summed E-state index contributed by atoms with van der Waals surface area (Å²) in [6.45, 7) is 2.05. The smallest absolute Gasteiger partial charge is 0.321 e. The van der Waals surface area contributed by atoms with Gasteiger partial charge in [-0.05, 0) is 23.6 Å². The summed E-state index contributed by atoms with van der Waals surface area (Å²) in [4.78, 5) is 17.7. The summed E-state index contributed by atoms with van der Waals surface area (Å²) < 4.78 is 11.7. The molecule has 0 spiro atoms. The van der Waals surface area contributed by atoms with Crippen molar-refractivity contribution >= 4 is 33.3 Å². The van der Waals surface area contributed by atoms with Gasteiger partial charge in [-0.25, -0.2) is 9.78 Å². The van der Waals surface area contributed by atoms with Crippen LogP contribution in [0.2, 0.25) is 0 Å². The van der Waals surface area contributed by atoms with Crippen molar-refractivity contribution in [3.8, 4) is 10.4 Å². The lowest BCUT2D eigenvalue weighted by molar-refractivity contribution is 0.249. The van der Waals surface area contributed by atoms with E-state index in [1.165, 1.54) is 11.3 Å². The SMILES string of the molecule is Cc1ccccc1-c1cnc(NC(=O)N[C@@H](C[S@@](C)=O)c2ccccc2)s1. The molecule has 1 heterocycles. The number of anilines is 1. The minimum atomic E-state index is -1.04. The highest BCUT2D eigenvalue weighted by Gasteiger charge is 2.17. The fourth-order valence-corrected chi connectivity index (χ4v) is 4.39. The Morgan fingerprint density at radius 3 is 2.56 bits per heavy atom. The topological polar surface area (TPSA) is 71.1 Å². The Labute approximate surface area is 165 Å². The first kappa shape index (κ1) is 19.3. The fraction of sp³-hybridized carbons (Fsp3) is 0.200. The molecule has 0 saturated heterocycles. The molecule has 1 aromatic heterocycles. The summed E-state index contributed by atoms with van der Waals surface area (Å²) >= 11 is 1.42. The van der Waals surface area contributed by atoms with Crippen molar-refractivity contribution in [3.63, 3.8) is 0 Å². The van der Waals surface area contributed by atoms with Crippen LogP contribution in [0.3, 0.4) is 0 Å². The number of hydrogen-bond acceptors (Lipinski definition) is 4. The van der Waals surface area contributed by atoms with Crippen LogP contribution in [0, 0.1) is 6.92 Å². The summed E-state index contributed by atoms with van der Waals surface area (Å²) in [7, 11) is -1.04. The van der Waals surface area contributed by atoms with Crippen LogP contribution in [0.1, 0.15) is 17.2 Å². The van der Waals surface area contributed by atoms with Crippen LogP contribution in [-0.2, 0) is 10.8 Å². The normalized spacial score (nSPS) is 13.0. The average Bonchev–Trinajstić information content (AvgIpc) is 3.10. The van der Waals surface area contributed by atoms with Crippen molar-refractivity contribution in [1.82, 2.24) is 10.3 Å². The Morgan fingerprint density at radius 1 is 1.15 bits per heavy atom. The Kier molecular flexibility index (Phi) is 6.36. The molecule has 0 unspecified atom stereocenters. The second kappa shape index (κ2) is 8.92. The Hall–Kier alpha value is -2.51. The van der Waals surface area contributed by atoms with Gasteiger partial charge in [0.1, 0.15) is 0 Å². The van der Waals surface area contributed by atoms with Gasteiger partial charge in [0.05, 0.1) is 10.9 Å². The highest BCUT2D eigenvalue weighted by molar-refractivity contribution is 7.84. The molecule has 3 rings (SSSR count). The van der Waals surface area contributed by atoms with Crippen LogP contribution < -0.4 is 10.6 Å². The molecule has 0 aliphatic rings. The first-order valence-electron chi connectivity index (χ1n) is 8.47. The van der Waals surface area contributed by atoms with Crippen LogP contribution >= 0.6 is 11.3 Å². The number of carbonyl (C=O) groups excluding carboxylic acids is 1. The van der Waals surface area contributed by atoms with Crippen LogP contribution in [0.25, 0.3) is 10.4 Å². The van der Waals surface area contributed by atoms with Crippen molar-refractivity contribution in [2.45, 2.75) is 13.0 Å². The number of nitrogens with zero attached hydrogens (tertiary/aromatic N) is 1. The van der Waals surface area contributed by atoms with E-state index in [4.69, 9.17) is 0 Å². The van der Waals surface area contributed by atoms with E-state index >= 15 is 0 Å². The highest BCUT2D eigenvalue weighted by Crippen LogP contribution is 2.31. The maximum atomic E-state index is 12.4. The largest absolute Gasteiger partial charge is 0.330 e. The summed E-state index contributed by atoms with van der Waals surface area (Å²) in [6.07, 6.45) is 3.39. The lowest BCUT2D eigenvalue weighted by Gasteiger charge is -2.18. The van der Waals surface area contributed by atoms with Gasteiger partial charge in [0.2, 0.25) is 0 Å². The zero-order valence-electron chi connectivity index (χ0n) is 15.1. The molecule has 0 radical (unpaired) electrons. The van der Waals surface area contributed by atoms with Crippen LogP contribution in [-0.4, -0.2) is 27.2 Å². The monoisotopic (exact) mass is 399 g/mol. The number of nitrogens with one attached hydrogen (secondary N) is 2. The molecule has 27 heavy (non-hydrogen) atoms. The second-order valence-corrected chi connectivity index (χ2v) is 8.66. The van der Waals surface area contributed by atoms with E-state index in [0.29, 0.717) is 10.9 Å². The zero-order chi connectivity index (χ0) is 19.2. The predicted octanol–water partition coefficient (Wildman–Crippen LogP) is 4.36.